The standard InChI is InChI=1S/C14H17Cl2N5O/c1-8(2)13-18-17-11-7-20(4-5-21(11)13)14(22)10-6-9(15)12(16)19(10)3/h6,8H,4-5,7H2,1-3H3. The van der Waals surface area contributed by atoms with Gasteiger partial charge in [-0.1, -0.05) is 37.0 Å². The predicted octanol–water partition coefficient (Wildman–Crippen LogP) is 2.70. The molecule has 1 amide bonds. The zero-order chi connectivity index (χ0) is 16.0. The van der Waals surface area contributed by atoms with Crippen LogP contribution in [0.2, 0.25) is 10.2 Å². The Kier molecular flexibility index (Phi) is 3.91. The van der Waals surface area contributed by atoms with E-state index in [1.807, 2.05) is 0 Å². The Morgan fingerprint density at radius 2 is 2.00 bits per heavy atom. The fourth-order valence-electron chi connectivity index (χ4n) is 2.69. The summed E-state index contributed by atoms with van der Waals surface area (Å²) in [6.45, 7) is 5.93. The highest BCUT2D eigenvalue weighted by Crippen LogP contribution is 2.27. The van der Waals surface area contributed by atoms with E-state index in [1.54, 1.807) is 22.6 Å². The quantitative estimate of drug-likeness (QED) is 0.843. The second kappa shape index (κ2) is 5.59. The molecule has 0 saturated heterocycles. The number of rotatable bonds is 2. The van der Waals surface area contributed by atoms with Gasteiger partial charge in [0.1, 0.15) is 16.7 Å². The minimum Gasteiger partial charge on any atom is -0.329 e. The van der Waals surface area contributed by atoms with Gasteiger partial charge in [0.2, 0.25) is 0 Å². The highest BCUT2D eigenvalue weighted by Gasteiger charge is 2.28. The Hall–Kier alpha value is -1.53. The molecule has 3 rings (SSSR count). The number of nitrogens with zero attached hydrogens (tertiary/aromatic N) is 5. The van der Waals surface area contributed by atoms with E-state index in [-0.39, 0.29) is 5.91 Å². The molecule has 0 atom stereocenters. The second-order valence-corrected chi connectivity index (χ2v) is 6.50. The summed E-state index contributed by atoms with van der Waals surface area (Å²) in [4.78, 5) is 14.4. The van der Waals surface area contributed by atoms with Crippen LogP contribution in [-0.4, -0.2) is 36.7 Å². The van der Waals surface area contributed by atoms with E-state index in [2.05, 4.69) is 28.6 Å². The monoisotopic (exact) mass is 341 g/mol. The van der Waals surface area contributed by atoms with Crippen LogP contribution in [0.3, 0.4) is 0 Å². The van der Waals surface area contributed by atoms with Crippen LogP contribution >= 0.6 is 23.2 Å². The van der Waals surface area contributed by atoms with Crippen LogP contribution in [-0.2, 0) is 20.1 Å². The van der Waals surface area contributed by atoms with Crippen molar-refractivity contribution in [3.8, 4) is 0 Å². The van der Waals surface area contributed by atoms with E-state index >= 15 is 0 Å². The maximum Gasteiger partial charge on any atom is 0.271 e. The molecule has 6 nitrogen and oxygen atoms in total. The van der Waals surface area contributed by atoms with Crippen molar-refractivity contribution in [2.24, 2.45) is 7.05 Å². The van der Waals surface area contributed by atoms with Gasteiger partial charge in [-0.05, 0) is 6.07 Å². The Labute approximate surface area is 138 Å². The average Bonchev–Trinajstić information content (AvgIpc) is 3.02. The molecule has 2 aromatic rings. The maximum absolute atomic E-state index is 12.7. The average molecular weight is 342 g/mol. The predicted molar refractivity (Wildman–Crippen MR) is 84.3 cm³/mol. The molecule has 0 aromatic carbocycles. The molecule has 0 unspecified atom stereocenters. The third kappa shape index (κ3) is 2.40. The first-order chi connectivity index (χ1) is 10.4. The summed E-state index contributed by atoms with van der Waals surface area (Å²) in [6, 6.07) is 1.60. The van der Waals surface area contributed by atoms with Gasteiger partial charge in [-0.3, -0.25) is 4.79 Å². The molecular formula is C14H17Cl2N5O. The van der Waals surface area contributed by atoms with Crippen molar-refractivity contribution in [1.29, 1.82) is 0 Å². The lowest BCUT2D eigenvalue weighted by molar-refractivity contribution is 0.0696. The van der Waals surface area contributed by atoms with Crippen LogP contribution in [0, 0.1) is 0 Å². The summed E-state index contributed by atoms with van der Waals surface area (Å²) in [6.07, 6.45) is 0. The molecule has 0 spiro atoms. The van der Waals surface area contributed by atoms with Crippen molar-refractivity contribution >= 4 is 29.1 Å². The molecule has 22 heavy (non-hydrogen) atoms. The summed E-state index contributed by atoms with van der Waals surface area (Å²) < 4.78 is 3.70. The number of hydrogen-bond donors (Lipinski definition) is 0. The van der Waals surface area contributed by atoms with E-state index in [1.165, 1.54) is 0 Å². The van der Waals surface area contributed by atoms with Crippen molar-refractivity contribution in [3.63, 3.8) is 0 Å². The summed E-state index contributed by atoms with van der Waals surface area (Å²) in [5, 5.41) is 9.19. The minimum atomic E-state index is -0.100. The number of fused-ring (bicyclic) bond motifs is 1. The molecule has 3 heterocycles. The van der Waals surface area contributed by atoms with E-state index in [9.17, 15) is 4.79 Å². The number of hydrogen-bond acceptors (Lipinski definition) is 3. The molecule has 1 aliphatic rings. The molecule has 8 heteroatoms. The Morgan fingerprint density at radius 1 is 1.27 bits per heavy atom. The summed E-state index contributed by atoms with van der Waals surface area (Å²) in [7, 11) is 1.73. The van der Waals surface area contributed by atoms with Crippen molar-refractivity contribution in [2.75, 3.05) is 6.54 Å². The number of carbonyl (C=O) groups is 1. The van der Waals surface area contributed by atoms with Crippen LogP contribution in [0.15, 0.2) is 6.07 Å². The fourth-order valence-corrected chi connectivity index (χ4v) is 3.07. The first kappa shape index (κ1) is 15.4. The van der Waals surface area contributed by atoms with Crippen LogP contribution in [0.25, 0.3) is 0 Å². The van der Waals surface area contributed by atoms with Crippen molar-refractivity contribution in [3.05, 3.63) is 33.6 Å². The van der Waals surface area contributed by atoms with E-state index in [0.29, 0.717) is 41.4 Å². The highest BCUT2D eigenvalue weighted by atomic mass is 35.5. The summed E-state index contributed by atoms with van der Waals surface area (Å²) in [5.74, 6) is 1.99. The van der Waals surface area contributed by atoms with Crippen LogP contribution in [0.1, 0.15) is 41.9 Å². The van der Waals surface area contributed by atoms with Crippen molar-refractivity contribution in [1.82, 2.24) is 24.2 Å². The minimum absolute atomic E-state index is 0.100. The van der Waals surface area contributed by atoms with Gasteiger partial charge in [-0.25, -0.2) is 0 Å². The van der Waals surface area contributed by atoms with Gasteiger partial charge < -0.3 is 14.0 Å². The third-order valence-electron chi connectivity index (χ3n) is 3.92. The molecule has 0 radical (unpaired) electrons. The maximum atomic E-state index is 12.7. The first-order valence-corrected chi connectivity index (χ1v) is 7.87. The Bertz CT molecular complexity index is 734. The van der Waals surface area contributed by atoms with Gasteiger partial charge in [-0.15, -0.1) is 10.2 Å². The van der Waals surface area contributed by atoms with E-state index in [0.717, 1.165) is 11.6 Å². The Balaban J connectivity index is 1.85. The van der Waals surface area contributed by atoms with Crippen molar-refractivity contribution in [2.45, 2.75) is 32.9 Å². The largest absolute Gasteiger partial charge is 0.329 e. The van der Waals surface area contributed by atoms with Gasteiger partial charge in [-0.2, -0.15) is 0 Å². The summed E-state index contributed by atoms with van der Waals surface area (Å²) >= 11 is 12.0. The Morgan fingerprint density at radius 3 is 2.59 bits per heavy atom. The van der Waals surface area contributed by atoms with Gasteiger partial charge in [0.15, 0.2) is 5.82 Å². The number of halogens is 2. The van der Waals surface area contributed by atoms with Crippen LogP contribution in [0.5, 0.6) is 0 Å². The van der Waals surface area contributed by atoms with Gasteiger partial charge in [0.25, 0.3) is 5.91 Å². The number of amides is 1. The van der Waals surface area contributed by atoms with Crippen molar-refractivity contribution < 1.29 is 4.79 Å². The van der Waals surface area contributed by atoms with Gasteiger partial charge in [0.05, 0.1) is 11.6 Å². The molecule has 0 bridgehead atoms. The normalized spacial score (nSPS) is 14.5. The zero-order valence-corrected chi connectivity index (χ0v) is 14.2. The topological polar surface area (TPSA) is 56.0 Å². The van der Waals surface area contributed by atoms with Crippen LogP contribution in [0.4, 0.5) is 0 Å². The molecule has 0 N–H and O–H groups in total. The number of aromatic nitrogens is 4. The molecule has 2 aromatic heterocycles. The second-order valence-electron chi connectivity index (χ2n) is 5.73. The molecule has 0 fully saturated rings. The first-order valence-electron chi connectivity index (χ1n) is 7.12. The smallest absolute Gasteiger partial charge is 0.271 e. The third-order valence-corrected chi connectivity index (χ3v) is 4.76. The lowest BCUT2D eigenvalue weighted by Gasteiger charge is -2.28. The van der Waals surface area contributed by atoms with E-state index < -0.39 is 0 Å². The number of carbonyl (C=O) groups excluding carboxylic acids is 1. The molecule has 118 valence electrons. The van der Waals surface area contributed by atoms with Gasteiger partial charge in [0, 0.05) is 26.1 Å². The lowest BCUT2D eigenvalue weighted by Crippen LogP contribution is -2.39. The highest BCUT2D eigenvalue weighted by molar-refractivity contribution is 6.41. The summed E-state index contributed by atoms with van der Waals surface area (Å²) in [5.41, 5.74) is 0.479. The van der Waals surface area contributed by atoms with Crippen LogP contribution < -0.4 is 0 Å². The lowest BCUT2D eigenvalue weighted by atomic mass is 10.2. The molecular weight excluding hydrogens is 325 g/mol. The fraction of sp³-hybridized carbons (Fsp3) is 0.500. The molecule has 0 saturated carbocycles. The van der Waals surface area contributed by atoms with E-state index in [4.69, 9.17) is 23.2 Å². The van der Waals surface area contributed by atoms with Gasteiger partial charge >= 0.3 is 0 Å². The SMILES string of the molecule is CC(C)c1nnc2n1CCN(C(=O)c1cc(Cl)c(Cl)n1C)C2. The molecule has 1 aliphatic heterocycles. The zero-order valence-electron chi connectivity index (χ0n) is 12.7. The molecule has 0 aliphatic carbocycles.